The number of H-pyrrole nitrogens is 1. The van der Waals surface area contributed by atoms with Gasteiger partial charge in [-0.1, -0.05) is 30.2 Å². The van der Waals surface area contributed by atoms with Crippen LogP contribution in [0.4, 0.5) is 0 Å². The van der Waals surface area contributed by atoms with E-state index in [0.29, 0.717) is 29.5 Å². The quantitative estimate of drug-likeness (QED) is 0.282. The molecule has 6 nitrogen and oxygen atoms in total. The van der Waals surface area contributed by atoms with Crippen LogP contribution < -0.4 is 10.1 Å². The number of hydrogen-bond donors (Lipinski definition) is 2. The molecule has 1 amide bonds. The summed E-state index contributed by atoms with van der Waals surface area (Å²) in [6, 6.07) is 14.4. The highest BCUT2D eigenvalue weighted by atomic mass is 35.5. The van der Waals surface area contributed by atoms with E-state index in [0.717, 1.165) is 39.8 Å². The van der Waals surface area contributed by atoms with E-state index in [4.69, 9.17) is 16.3 Å². The van der Waals surface area contributed by atoms with Crippen LogP contribution in [0.15, 0.2) is 54.9 Å². The van der Waals surface area contributed by atoms with Gasteiger partial charge in [-0.25, -0.2) is 0 Å². The van der Waals surface area contributed by atoms with Gasteiger partial charge in [0.25, 0.3) is 5.91 Å². The molecule has 2 aliphatic heterocycles. The van der Waals surface area contributed by atoms with Crippen LogP contribution in [0.1, 0.15) is 46.3 Å². The Hall–Kier alpha value is -2.77. The van der Waals surface area contributed by atoms with Crippen LogP contribution in [0.25, 0.3) is 22.2 Å². The van der Waals surface area contributed by atoms with Crippen LogP contribution in [-0.4, -0.2) is 33.9 Å². The molecule has 9 heteroatoms. The van der Waals surface area contributed by atoms with Gasteiger partial charge in [-0.05, 0) is 61.8 Å². The third-order valence-electron chi connectivity index (χ3n) is 6.93. The topological polar surface area (TPSA) is 70.2 Å². The Morgan fingerprint density at radius 1 is 1.03 bits per heavy atom. The molecule has 1 saturated heterocycles. The highest BCUT2D eigenvalue weighted by Crippen LogP contribution is 2.41. The van der Waals surface area contributed by atoms with Crippen molar-refractivity contribution in [2.45, 2.75) is 39.0 Å². The number of nitrogens with one attached hydrogen (secondary N) is 2. The third kappa shape index (κ3) is 5.58. The minimum atomic E-state index is -0.111. The van der Waals surface area contributed by atoms with Crippen molar-refractivity contribution in [2.24, 2.45) is 0 Å². The number of halogens is 3. The van der Waals surface area contributed by atoms with Gasteiger partial charge >= 0.3 is 0 Å². The summed E-state index contributed by atoms with van der Waals surface area (Å²) in [6.45, 7) is 4.06. The lowest BCUT2D eigenvalue weighted by molar-refractivity contribution is 0.0966. The number of pyridine rings is 1. The molecule has 0 spiro atoms. The smallest absolute Gasteiger partial charge is 0.252 e. The lowest BCUT2D eigenvalue weighted by atomic mass is 9.99. The minimum absolute atomic E-state index is 0. The molecule has 4 aromatic rings. The van der Waals surface area contributed by atoms with Gasteiger partial charge in [-0.3, -0.25) is 14.7 Å². The van der Waals surface area contributed by atoms with Gasteiger partial charge in [0.1, 0.15) is 12.4 Å². The molecule has 4 heterocycles. The molecule has 0 saturated carbocycles. The van der Waals surface area contributed by atoms with E-state index < -0.39 is 0 Å². The third-order valence-corrected chi connectivity index (χ3v) is 7.34. The van der Waals surface area contributed by atoms with Crippen LogP contribution in [0, 0.1) is 0 Å². The number of carbonyl (C=O) groups is 1. The monoisotopic (exact) mass is 558 g/mol. The van der Waals surface area contributed by atoms with Crippen molar-refractivity contribution in [1.29, 1.82) is 0 Å². The zero-order chi connectivity index (χ0) is 23.8. The number of hydrogen-bond acceptors (Lipinski definition) is 4. The molecule has 0 radical (unpaired) electrons. The maximum Gasteiger partial charge on any atom is 0.252 e. The second-order valence-corrected chi connectivity index (χ2v) is 9.74. The number of aromatic amines is 1. The minimum Gasteiger partial charge on any atom is -0.487 e. The maximum absolute atomic E-state index is 12.8. The molecule has 0 bridgehead atoms. The lowest BCUT2D eigenvalue weighted by Crippen LogP contribution is -2.28. The molecule has 6 rings (SSSR count). The number of piperidine rings is 1. The molecule has 2 aromatic carbocycles. The van der Waals surface area contributed by atoms with Crippen molar-refractivity contribution in [1.82, 2.24) is 20.2 Å². The molecule has 37 heavy (non-hydrogen) atoms. The van der Waals surface area contributed by atoms with Crippen molar-refractivity contribution >= 4 is 53.2 Å². The first-order valence-corrected chi connectivity index (χ1v) is 12.5. The summed E-state index contributed by atoms with van der Waals surface area (Å²) in [5.41, 5.74) is 6.38. The predicted molar refractivity (Wildman–Crippen MR) is 152 cm³/mol. The molecule has 194 valence electrons. The van der Waals surface area contributed by atoms with Crippen LogP contribution in [-0.2, 0) is 19.7 Å². The number of fused-ring (bicyclic) bond motifs is 2. The summed E-state index contributed by atoms with van der Waals surface area (Å²) in [4.78, 5) is 22.9. The molecular weight excluding hydrogens is 531 g/mol. The van der Waals surface area contributed by atoms with Gasteiger partial charge in [-0.2, -0.15) is 0 Å². The fourth-order valence-electron chi connectivity index (χ4n) is 5.13. The molecule has 0 unspecified atom stereocenters. The first-order valence-electron chi connectivity index (χ1n) is 12.2. The zero-order valence-corrected chi connectivity index (χ0v) is 22.6. The number of amides is 1. The van der Waals surface area contributed by atoms with E-state index in [9.17, 15) is 4.79 Å². The summed E-state index contributed by atoms with van der Waals surface area (Å²) in [5.74, 6) is 0.449. The number of carbonyl (C=O) groups excluding carboxylic acids is 1. The van der Waals surface area contributed by atoms with Crippen molar-refractivity contribution in [2.75, 3.05) is 13.1 Å². The molecule has 1 fully saturated rings. The molecule has 2 aromatic heterocycles. The normalized spacial score (nSPS) is 15.0. The summed E-state index contributed by atoms with van der Waals surface area (Å²) >= 11 is 6.69. The number of likely N-dealkylation sites (tertiary alicyclic amines) is 1. The van der Waals surface area contributed by atoms with E-state index in [-0.39, 0.29) is 30.7 Å². The van der Waals surface area contributed by atoms with Crippen molar-refractivity contribution < 1.29 is 9.53 Å². The standard InChI is InChI=1S/C28H27ClN4O2.2ClH/c29-27-22-15-31-28(34)26(22)21(13-25(27)35-17-19-5-4-8-30-14-19)24-12-20-11-18(6-7-23(20)32-24)16-33-9-2-1-3-10-33;;/h4-8,11-14,32H,1-3,9-10,15-17H2,(H,31,34);2*1H. The average Bonchev–Trinajstić information content (AvgIpc) is 3.49. The maximum atomic E-state index is 12.8. The second-order valence-electron chi connectivity index (χ2n) is 9.36. The van der Waals surface area contributed by atoms with Gasteiger partial charge in [0.15, 0.2) is 0 Å². The van der Waals surface area contributed by atoms with E-state index in [2.05, 4.69) is 44.5 Å². The van der Waals surface area contributed by atoms with Crippen LogP contribution in [0.5, 0.6) is 5.75 Å². The lowest BCUT2D eigenvalue weighted by Gasteiger charge is -2.26. The van der Waals surface area contributed by atoms with Crippen molar-refractivity contribution in [3.8, 4) is 17.0 Å². The second kappa shape index (κ2) is 11.7. The molecule has 2 aliphatic rings. The number of nitrogens with zero attached hydrogens (tertiary/aromatic N) is 2. The van der Waals surface area contributed by atoms with Crippen LogP contribution >= 0.6 is 36.4 Å². The molecular formula is C28H29Cl3N4O2. The Labute approximate surface area is 233 Å². The Morgan fingerprint density at radius 3 is 2.65 bits per heavy atom. The Balaban J connectivity index is 0.00000160. The van der Waals surface area contributed by atoms with Gasteiger partial charge < -0.3 is 15.0 Å². The largest absolute Gasteiger partial charge is 0.487 e. The number of benzene rings is 2. The van der Waals surface area contributed by atoms with Crippen molar-refractivity contribution in [3.63, 3.8) is 0 Å². The number of rotatable bonds is 6. The fraction of sp³-hybridized carbons (Fsp3) is 0.286. The Bertz CT molecular complexity index is 1400. The zero-order valence-electron chi connectivity index (χ0n) is 20.3. The van der Waals surface area contributed by atoms with E-state index in [1.165, 1.54) is 37.9 Å². The first kappa shape index (κ1) is 27.3. The van der Waals surface area contributed by atoms with Crippen LogP contribution in [0.3, 0.4) is 0 Å². The molecule has 0 atom stereocenters. The summed E-state index contributed by atoms with van der Waals surface area (Å²) in [7, 11) is 0. The van der Waals surface area contributed by atoms with Gasteiger partial charge in [0.05, 0.1) is 10.6 Å². The van der Waals surface area contributed by atoms with Gasteiger partial charge in [0, 0.05) is 58.8 Å². The Morgan fingerprint density at radius 2 is 1.86 bits per heavy atom. The van der Waals surface area contributed by atoms with E-state index in [1.807, 2.05) is 18.2 Å². The van der Waals surface area contributed by atoms with Gasteiger partial charge in [-0.15, -0.1) is 24.8 Å². The number of aromatic nitrogens is 2. The van der Waals surface area contributed by atoms with Gasteiger partial charge in [0.2, 0.25) is 0 Å². The summed E-state index contributed by atoms with van der Waals surface area (Å²) in [5, 5.41) is 4.53. The highest BCUT2D eigenvalue weighted by Gasteiger charge is 2.29. The van der Waals surface area contributed by atoms with E-state index in [1.54, 1.807) is 12.4 Å². The predicted octanol–water partition coefficient (Wildman–Crippen LogP) is 6.54. The fourth-order valence-corrected chi connectivity index (χ4v) is 5.40. The molecule has 0 aliphatic carbocycles. The Kier molecular flexibility index (Phi) is 8.65. The van der Waals surface area contributed by atoms with Crippen LogP contribution in [0.2, 0.25) is 5.02 Å². The van der Waals surface area contributed by atoms with E-state index >= 15 is 0 Å². The first-order chi connectivity index (χ1) is 17.2. The van der Waals surface area contributed by atoms with Crippen molar-refractivity contribution in [3.05, 3.63) is 82.1 Å². The summed E-state index contributed by atoms with van der Waals surface area (Å²) < 4.78 is 6.09. The highest BCUT2D eigenvalue weighted by molar-refractivity contribution is 6.34. The SMILES string of the molecule is Cl.Cl.O=C1NCc2c(Cl)c(OCc3cccnc3)cc(-c3cc4cc(CN5CCCCC5)ccc4[nH]3)c21. The molecule has 2 N–H and O–H groups in total. The average molecular weight is 560 g/mol. The summed E-state index contributed by atoms with van der Waals surface area (Å²) in [6.07, 6.45) is 7.40. The number of ether oxygens (including phenoxy) is 1.